The van der Waals surface area contributed by atoms with Gasteiger partial charge in [0.1, 0.15) is 0 Å². The zero-order chi connectivity index (χ0) is 13.3. The highest BCUT2D eigenvalue weighted by Gasteiger charge is 2.14. The maximum Gasteiger partial charge on any atom is 0.0843 e. The summed E-state index contributed by atoms with van der Waals surface area (Å²) >= 11 is 0. The third-order valence-corrected chi connectivity index (χ3v) is 3.55. The summed E-state index contributed by atoms with van der Waals surface area (Å²) in [5.41, 5.74) is 7.50. The van der Waals surface area contributed by atoms with Gasteiger partial charge >= 0.3 is 0 Å². The maximum atomic E-state index is 4.58. The van der Waals surface area contributed by atoms with Crippen LogP contribution in [0, 0.1) is 20.8 Å². The van der Waals surface area contributed by atoms with Crippen LogP contribution in [0.2, 0.25) is 0 Å². The second-order valence-corrected chi connectivity index (χ2v) is 4.86. The molecule has 18 heavy (non-hydrogen) atoms. The second kappa shape index (κ2) is 4.94. The zero-order valence-electron chi connectivity index (χ0n) is 11.8. The lowest BCUT2D eigenvalue weighted by Crippen LogP contribution is -2.07. The summed E-state index contributed by atoms with van der Waals surface area (Å²) in [7, 11) is 3.95. The number of aryl methyl sites for hydroxylation is 3. The Kier molecular flexibility index (Phi) is 3.53. The fraction of sp³-hybridized carbons (Fsp3) is 0.400. The molecule has 0 aliphatic rings. The molecule has 1 aromatic heterocycles. The standard InChI is InChI=1S/C15H21N3/c1-10-6-7-13(8-11(10)2)15-12(3)18(5)17-14(15)9-16-4/h6-8,16H,9H2,1-5H3. The smallest absolute Gasteiger partial charge is 0.0843 e. The van der Waals surface area contributed by atoms with Gasteiger partial charge in [0.25, 0.3) is 0 Å². The van der Waals surface area contributed by atoms with E-state index in [2.05, 4.69) is 49.4 Å². The van der Waals surface area contributed by atoms with Gasteiger partial charge in [-0.2, -0.15) is 5.10 Å². The number of hydrogen-bond donors (Lipinski definition) is 1. The molecular formula is C15H21N3. The average molecular weight is 243 g/mol. The molecule has 1 N–H and O–H groups in total. The highest BCUT2D eigenvalue weighted by molar-refractivity contribution is 5.69. The fourth-order valence-corrected chi connectivity index (χ4v) is 2.24. The van der Waals surface area contributed by atoms with Crippen molar-refractivity contribution in [1.29, 1.82) is 0 Å². The van der Waals surface area contributed by atoms with Crippen LogP contribution in [-0.2, 0) is 13.6 Å². The molecule has 0 saturated carbocycles. The van der Waals surface area contributed by atoms with Gasteiger partial charge in [0.15, 0.2) is 0 Å². The van der Waals surface area contributed by atoms with Crippen LogP contribution in [0.15, 0.2) is 18.2 Å². The molecule has 2 aromatic rings. The van der Waals surface area contributed by atoms with Crippen LogP contribution in [0.1, 0.15) is 22.5 Å². The summed E-state index contributed by atoms with van der Waals surface area (Å²) in [6, 6.07) is 6.62. The van der Waals surface area contributed by atoms with E-state index in [1.54, 1.807) is 0 Å². The third kappa shape index (κ3) is 2.18. The molecule has 2 rings (SSSR count). The van der Waals surface area contributed by atoms with E-state index in [9.17, 15) is 0 Å². The Bertz CT molecular complexity index is 567. The van der Waals surface area contributed by atoms with Crippen molar-refractivity contribution in [2.24, 2.45) is 7.05 Å². The lowest BCUT2D eigenvalue weighted by atomic mass is 9.99. The molecule has 1 heterocycles. The summed E-state index contributed by atoms with van der Waals surface area (Å²) in [4.78, 5) is 0. The monoisotopic (exact) mass is 243 g/mol. The van der Waals surface area contributed by atoms with Crippen molar-refractivity contribution in [1.82, 2.24) is 15.1 Å². The molecule has 0 amide bonds. The van der Waals surface area contributed by atoms with Gasteiger partial charge in [0.2, 0.25) is 0 Å². The van der Waals surface area contributed by atoms with E-state index >= 15 is 0 Å². The van der Waals surface area contributed by atoms with E-state index in [1.807, 2.05) is 18.8 Å². The maximum absolute atomic E-state index is 4.58. The molecule has 0 bridgehead atoms. The van der Waals surface area contributed by atoms with Crippen LogP contribution >= 0.6 is 0 Å². The molecule has 0 fully saturated rings. The van der Waals surface area contributed by atoms with E-state index in [0.29, 0.717) is 0 Å². The minimum Gasteiger partial charge on any atom is -0.314 e. The lowest BCUT2D eigenvalue weighted by Gasteiger charge is -2.07. The second-order valence-electron chi connectivity index (χ2n) is 4.86. The summed E-state index contributed by atoms with van der Waals surface area (Å²) < 4.78 is 1.96. The van der Waals surface area contributed by atoms with Gasteiger partial charge < -0.3 is 5.32 Å². The Morgan fingerprint density at radius 3 is 2.50 bits per heavy atom. The van der Waals surface area contributed by atoms with Gasteiger partial charge in [-0.15, -0.1) is 0 Å². The van der Waals surface area contributed by atoms with Gasteiger partial charge in [-0.1, -0.05) is 18.2 Å². The highest BCUT2D eigenvalue weighted by atomic mass is 15.3. The predicted octanol–water partition coefficient (Wildman–Crippen LogP) is 2.73. The van der Waals surface area contributed by atoms with Crippen molar-refractivity contribution in [3.05, 3.63) is 40.7 Å². The Balaban J connectivity index is 2.58. The first-order valence-corrected chi connectivity index (χ1v) is 6.29. The van der Waals surface area contributed by atoms with Crippen molar-refractivity contribution in [3.8, 4) is 11.1 Å². The van der Waals surface area contributed by atoms with E-state index in [-0.39, 0.29) is 0 Å². The summed E-state index contributed by atoms with van der Waals surface area (Å²) in [5, 5.41) is 7.77. The van der Waals surface area contributed by atoms with E-state index < -0.39 is 0 Å². The van der Waals surface area contributed by atoms with Crippen LogP contribution in [0.5, 0.6) is 0 Å². The SMILES string of the molecule is CNCc1nn(C)c(C)c1-c1ccc(C)c(C)c1. The number of aromatic nitrogens is 2. The number of benzene rings is 1. The largest absolute Gasteiger partial charge is 0.314 e. The minimum absolute atomic E-state index is 0.796. The van der Waals surface area contributed by atoms with Gasteiger partial charge in [-0.3, -0.25) is 4.68 Å². The summed E-state index contributed by atoms with van der Waals surface area (Å²) in [6.07, 6.45) is 0. The molecule has 96 valence electrons. The zero-order valence-corrected chi connectivity index (χ0v) is 11.8. The molecule has 0 saturated heterocycles. The number of nitrogens with zero attached hydrogens (tertiary/aromatic N) is 2. The molecule has 3 nitrogen and oxygen atoms in total. The first-order chi connectivity index (χ1) is 8.54. The highest BCUT2D eigenvalue weighted by Crippen LogP contribution is 2.28. The first-order valence-electron chi connectivity index (χ1n) is 6.29. The lowest BCUT2D eigenvalue weighted by molar-refractivity contribution is 0.698. The Morgan fingerprint density at radius 2 is 1.89 bits per heavy atom. The van der Waals surface area contributed by atoms with Crippen LogP contribution < -0.4 is 5.32 Å². The minimum atomic E-state index is 0.796. The van der Waals surface area contributed by atoms with Crippen LogP contribution in [0.4, 0.5) is 0 Å². The summed E-state index contributed by atoms with van der Waals surface area (Å²) in [5.74, 6) is 0. The van der Waals surface area contributed by atoms with Gasteiger partial charge in [-0.25, -0.2) is 0 Å². The Labute approximate surface area is 109 Å². The molecule has 0 unspecified atom stereocenters. The van der Waals surface area contributed by atoms with E-state index in [4.69, 9.17) is 0 Å². The molecule has 0 radical (unpaired) electrons. The average Bonchev–Trinajstić information content (AvgIpc) is 2.60. The van der Waals surface area contributed by atoms with Crippen molar-refractivity contribution in [3.63, 3.8) is 0 Å². The van der Waals surface area contributed by atoms with Crippen molar-refractivity contribution in [2.75, 3.05) is 7.05 Å². The van der Waals surface area contributed by atoms with Gasteiger partial charge in [0.05, 0.1) is 5.69 Å². The normalized spacial score (nSPS) is 10.9. The number of rotatable bonds is 3. The quantitative estimate of drug-likeness (QED) is 0.898. The molecular weight excluding hydrogens is 222 g/mol. The number of nitrogens with one attached hydrogen (secondary N) is 1. The molecule has 0 atom stereocenters. The van der Waals surface area contributed by atoms with Crippen molar-refractivity contribution >= 4 is 0 Å². The summed E-state index contributed by atoms with van der Waals surface area (Å²) in [6.45, 7) is 7.21. The van der Waals surface area contributed by atoms with Crippen LogP contribution in [-0.4, -0.2) is 16.8 Å². The Hall–Kier alpha value is -1.61. The van der Waals surface area contributed by atoms with Gasteiger partial charge in [0, 0.05) is 24.8 Å². The van der Waals surface area contributed by atoms with Gasteiger partial charge in [-0.05, 0) is 44.5 Å². The van der Waals surface area contributed by atoms with E-state index in [0.717, 1.165) is 12.2 Å². The first kappa shape index (κ1) is 12.8. The van der Waals surface area contributed by atoms with Crippen molar-refractivity contribution < 1.29 is 0 Å². The molecule has 0 aliphatic carbocycles. The van der Waals surface area contributed by atoms with Crippen molar-refractivity contribution in [2.45, 2.75) is 27.3 Å². The molecule has 3 heteroatoms. The molecule has 1 aromatic carbocycles. The van der Waals surface area contributed by atoms with Crippen LogP contribution in [0.3, 0.4) is 0 Å². The predicted molar refractivity (Wildman–Crippen MR) is 75.6 cm³/mol. The Morgan fingerprint density at radius 1 is 1.17 bits per heavy atom. The molecule has 0 spiro atoms. The fourth-order valence-electron chi connectivity index (χ4n) is 2.24. The number of hydrogen-bond acceptors (Lipinski definition) is 2. The third-order valence-electron chi connectivity index (χ3n) is 3.55. The molecule has 0 aliphatic heterocycles. The van der Waals surface area contributed by atoms with Crippen LogP contribution in [0.25, 0.3) is 11.1 Å². The topological polar surface area (TPSA) is 29.9 Å². The van der Waals surface area contributed by atoms with E-state index in [1.165, 1.54) is 27.9 Å².